The molecule has 0 bridgehead atoms. The van der Waals surface area contributed by atoms with Crippen LogP contribution in [0.15, 0.2) is 36.4 Å². The first-order valence-electron chi connectivity index (χ1n) is 10.0. The molecule has 2 amide bonds. The highest BCUT2D eigenvalue weighted by molar-refractivity contribution is 6.31. The number of hydrogen-bond donors (Lipinski definition) is 2. The van der Waals surface area contributed by atoms with E-state index in [2.05, 4.69) is 10.6 Å². The highest BCUT2D eigenvalue weighted by Crippen LogP contribution is 2.25. The number of carbonyl (C=O) groups excluding carboxylic acids is 2. The summed E-state index contributed by atoms with van der Waals surface area (Å²) < 4.78 is 37.3. The first-order chi connectivity index (χ1) is 15.3. The highest BCUT2D eigenvalue weighted by atomic mass is 35.5. The average molecular weight is 487 g/mol. The average Bonchev–Trinajstić information content (AvgIpc) is 3.21. The van der Waals surface area contributed by atoms with E-state index in [4.69, 9.17) is 32.7 Å². The molecule has 1 aliphatic carbocycles. The molecule has 6 nitrogen and oxygen atoms in total. The molecule has 2 unspecified atom stereocenters. The molecular weight excluding hydrogens is 465 g/mol. The Hall–Kier alpha value is -2.58. The first-order valence-corrected chi connectivity index (χ1v) is 10.8. The third-order valence-corrected chi connectivity index (χ3v) is 5.63. The predicted molar refractivity (Wildman–Crippen MR) is 116 cm³/mol. The minimum atomic E-state index is -0.616. The molecule has 0 aliphatic heterocycles. The molecule has 2 aromatic carbocycles. The van der Waals surface area contributed by atoms with E-state index >= 15 is 0 Å². The molecule has 1 fully saturated rings. The summed E-state index contributed by atoms with van der Waals surface area (Å²) in [5.74, 6) is -1.21. The van der Waals surface area contributed by atoms with E-state index in [1.807, 2.05) is 0 Å². The van der Waals surface area contributed by atoms with Crippen molar-refractivity contribution in [2.24, 2.45) is 5.92 Å². The van der Waals surface area contributed by atoms with Crippen LogP contribution >= 0.6 is 23.2 Å². The molecule has 2 N–H and O–H groups in total. The zero-order valence-corrected chi connectivity index (χ0v) is 18.5. The second-order valence-corrected chi connectivity index (χ2v) is 8.29. The van der Waals surface area contributed by atoms with Crippen molar-refractivity contribution in [2.45, 2.75) is 25.3 Å². The molecule has 0 spiro atoms. The lowest BCUT2D eigenvalue weighted by atomic mass is 10.1. The fraction of sp³-hybridized carbons (Fsp3) is 0.364. The van der Waals surface area contributed by atoms with Gasteiger partial charge in [-0.3, -0.25) is 9.59 Å². The Morgan fingerprint density at radius 2 is 1.47 bits per heavy atom. The Morgan fingerprint density at radius 1 is 0.906 bits per heavy atom. The van der Waals surface area contributed by atoms with Crippen LogP contribution in [0, 0.1) is 17.6 Å². The van der Waals surface area contributed by atoms with Gasteiger partial charge in [0.15, 0.2) is 13.2 Å². The van der Waals surface area contributed by atoms with Gasteiger partial charge in [0.05, 0.1) is 10.0 Å². The van der Waals surface area contributed by atoms with Gasteiger partial charge in [-0.15, -0.1) is 0 Å². The van der Waals surface area contributed by atoms with Gasteiger partial charge < -0.3 is 20.1 Å². The number of halogens is 4. The third-order valence-electron chi connectivity index (χ3n) is 5.02. The summed E-state index contributed by atoms with van der Waals surface area (Å²) >= 11 is 11.2. The van der Waals surface area contributed by atoms with E-state index in [1.165, 1.54) is 24.3 Å². The van der Waals surface area contributed by atoms with Gasteiger partial charge in [0.1, 0.15) is 23.1 Å². The summed E-state index contributed by atoms with van der Waals surface area (Å²) in [5, 5.41) is 5.63. The van der Waals surface area contributed by atoms with Crippen molar-refractivity contribution < 1.29 is 27.8 Å². The second-order valence-electron chi connectivity index (χ2n) is 7.48. The number of hydrogen-bond acceptors (Lipinski definition) is 4. The number of carbonyl (C=O) groups is 2. The SMILES string of the molecule is O=C(COc1ccc(Cl)c(F)c1)NCC1CCC(NC(=O)COc2ccc(Cl)c(F)c2)C1. The summed E-state index contributed by atoms with van der Waals surface area (Å²) in [7, 11) is 0. The Bertz CT molecular complexity index is 977. The predicted octanol–water partition coefficient (Wildman–Crippen LogP) is 4.13. The molecule has 2 aromatic rings. The molecule has 2 atom stereocenters. The van der Waals surface area contributed by atoms with Crippen LogP contribution in [0.25, 0.3) is 0 Å². The molecule has 3 rings (SSSR count). The zero-order chi connectivity index (χ0) is 23.1. The minimum absolute atomic E-state index is 0.0173. The van der Waals surface area contributed by atoms with Gasteiger partial charge in [-0.25, -0.2) is 8.78 Å². The number of nitrogens with one attached hydrogen (secondary N) is 2. The normalized spacial score (nSPS) is 17.6. The van der Waals surface area contributed by atoms with Crippen molar-refractivity contribution in [3.05, 3.63) is 58.1 Å². The van der Waals surface area contributed by atoms with Crippen molar-refractivity contribution in [3.63, 3.8) is 0 Å². The van der Waals surface area contributed by atoms with E-state index in [9.17, 15) is 18.4 Å². The lowest BCUT2D eigenvalue weighted by Crippen LogP contribution is -2.37. The third kappa shape index (κ3) is 7.24. The molecule has 172 valence electrons. The van der Waals surface area contributed by atoms with Crippen LogP contribution in [-0.4, -0.2) is 37.6 Å². The van der Waals surface area contributed by atoms with E-state index in [-0.39, 0.29) is 58.5 Å². The summed E-state index contributed by atoms with van der Waals surface area (Å²) in [6, 6.07) is 7.90. The smallest absolute Gasteiger partial charge is 0.258 e. The summed E-state index contributed by atoms with van der Waals surface area (Å²) in [6.45, 7) is -0.0255. The summed E-state index contributed by atoms with van der Waals surface area (Å²) in [4.78, 5) is 24.1. The molecular formula is C22H22Cl2F2N2O4. The number of rotatable bonds is 9. The molecule has 0 radical (unpaired) electrons. The van der Waals surface area contributed by atoms with Crippen LogP contribution in [0.1, 0.15) is 19.3 Å². The van der Waals surface area contributed by atoms with Crippen LogP contribution in [0.3, 0.4) is 0 Å². The standard InChI is InChI=1S/C22H22Cl2F2N2O4/c23-17-5-3-15(8-19(17)25)31-11-21(29)27-10-13-1-2-14(7-13)28-22(30)12-32-16-4-6-18(24)20(26)9-16/h3-6,8-9,13-14H,1-2,7,10-12H2,(H,27,29)(H,28,30). The maximum Gasteiger partial charge on any atom is 0.258 e. The van der Waals surface area contributed by atoms with E-state index < -0.39 is 11.6 Å². The monoisotopic (exact) mass is 486 g/mol. The Morgan fingerprint density at radius 3 is 2.03 bits per heavy atom. The van der Waals surface area contributed by atoms with E-state index in [0.29, 0.717) is 13.0 Å². The van der Waals surface area contributed by atoms with E-state index in [1.54, 1.807) is 0 Å². The second kappa shape index (κ2) is 11.3. The molecule has 0 saturated heterocycles. The van der Waals surface area contributed by atoms with Crippen molar-refractivity contribution in [2.75, 3.05) is 19.8 Å². The molecule has 32 heavy (non-hydrogen) atoms. The van der Waals surface area contributed by atoms with Crippen molar-refractivity contribution >= 4 is 35.0 Å². The number of ether oxygens (including phenoxy) is 2. The topological polar surface area (TPSA) is 76.7 Å². The Balaban J connectivity index is 1.32. The van der Waals surface area contributed by atoms with Gasteiger partial charge in [0.2, 0.25) is 0 Å². The molecule has 1 aliphatic rings. The van der Waals surface area contributed by atoms with Gasteiger partial charge in [0.25, 0.3) is 11.8 Å². The van der Waals surface area contributed by atoms with Crippen LogP contribution in [-0.2, 0) is 9.59 Å². The maximum atomic E-state index is 13.4. The zero-order valence-electron chi connectivity index (χ0n) is 17.0. The lowest BCUT2D eigenvalue weighted by molar-refractivity contribution is -0.124. The maximum absolute atomic E-state index is 13.4. The first kappa shape index (κ1) is 24.1. The molecule has 10 heteroatoms. The van der Waals surface area contributed by atoms with Gasteiger partial charge in [-0.1, -0.05) is 23.2 Å². The molecule has 0 heterocycles. The Kier molecular flexibility index (Phi) is 8.53. The van der Waals surface area contributed by atoms with Gasteiger partial charge >= 0.3 is 0 Å². The molecule has 1 saturated carbocycles. The van der Waals surface area contributed by atoms with E-state index in [0.717, 1.165) is 25.0 Å². The van der Waals surface area contributed by atoms with Gasteiger partial charge in [-0.05, 0) is 49.4 Å². The quantitative estimate of drug-likeness (QED) is 0.558. The fourth-order valence-electron chi connectivity index (χ4n) is 3.40. The van der Waals surface area contributed by atoms with Crippen LogP contribution in [0.4, 0.5) is 8.78 Å². The van der Waals surface area contributed by atoms with Crippen molar-refractivity contribution in [1.82, 2.24) is 10.6 Å². The lowest BCUT2D eigenvalue weighted by Gasteiger charge is -2.15. The highest BCUT2D eigenvalue weighted by Gasteiger charge is 2.26. The minimum Gasteiger partial charge on any atom is -0.484 e. The molecule has 0 aromatic heterocycles. The van der Waals surface area contributed by atoms with Crippen molar-refractivity contribution in [3.8, 4) is 11.5 Å². The van der Waals surface area contributed by atoms with Crippen molar-refractivity contribution in [1.29, 1.82) is 0 Å². The number of amides is 2. The van der Waals surface area contributed by atoms with Gasteiger partial charge in [0, 0.05) is 24.7 Å². The van der Waals surface area contributed by atoms with Crippen LogP contribution in [0.2, 0.25) is 10.0 Å². The fourth-order valence-corrected chi connectivity index (χ4v) is 3.64. The largest absolute Gasteiger partial charge is 0.484 e. The number of benzene rings is 2. The van der Waals surface area contributed by atoms with Crippen LogP contribution in [0.5, 0.6) is 11.5 Å². The summed E-state index contributed by atoms with van der Waals surface area (Å²) in [5.41, 5.74) is 0. The summed E-state index contributed by atoms with van der Waals surface area (Å²) in [6.07, 6.45) is 2.34. The Labute approximate surface area is 194 Å². The van der Waals surface area contributed by atoms with Crippen LogP contribution < -0.4 is 20.1 Å². The van der Waals surface area contributed by atoms with Gasteiger partial charge in [-0.2, -0.15) is 0 Å².